The number of hydrogen-bond donors (Lipinski definition) is 4. The van der Waals surface area contributed by atoms with Crippen molar-refractivity contribution in [2.45, 2.75) is 77.5 Å². The molecule has 0 saturated carbocycles. The monoisotopic (exact) mass is 466 g/mol. The third-order valence-corrected chi connectivity index (χ3v) is 10.1. The molecule has 0 heterocycles. The van der Waals surface area contributed by atoms with Gasteiger partial charge in [0.1, 0.15) is 21.8 Å². The van der Waals surface area contributed by atoms with Crippen LogP contribution in [0.15, 0.2) is 12.1 Å². The Labute approximate surface area is 179 Å². The summed E-state index contributed by atoms with van der Waals surface area (Å²) in [4.78, 5) is 40.9. The van der Waals surface area contributed by atoms with Crippen molar-refractivity contribution >= 4 is 15.2 Å². The van der Waals surface area contributed by atoms with Gasteiger partial charge in [-0.2, -0.15) is 0 Å². The van der Waals surface area contributed by atoms with E-state index >= 15 is 0 Å². The zero-order valence-corrected chi connectivity index (χ0v) is 20.5. The zero-order valence-electron chi connectivity index (χ0n) is 18.7. The van der Waals surface area contributed by atoms with Gasteiger partial charge in [-0.05, 0) is 51.7 Å². The second-order valence-corrected chi connectivity index (χ2v) is 11.2. The molecule has 0 bridgehead atoms. The predicted molar refractivity (Wildman–Crippen MR) is 117 cm³/mol. The highest BCUT2D eigenvalue weighted by Crippen LogP contribution is 2.66. The Bertz CT molecular complexity index is 736. The molecule has 0 atom stereocenters. The first-order valence-corrected chi connectivity index (χ1v) is 13.6. The predicted octanol–water partition coefficient (Wildman–Crippen LogP) is 4.87. The van der Waals surface area contributed by atoms with Crippen molar-refractivity contribution in [1.29, 1.82) is 0 Å². The Morgan fingerprint density at radius 1 is 0.667 bits per heavy atom. The highest BCUT2D eigenvalue weighted by molar-refractivity contribution is 7.53. The van der Waals surface area contributed by atoms with E-state index in [2.05, 4.69) is 0 Å². The molecule has 1 aromatic rings. The minimum Gasteiger partial charge on any atom is -0.494 e. The van der Waals surface area contributed by atoms with Gasteiger partial charge in [0.15, 0.2) is 0 Å². The lowest BCUT2D eigenvalue weighted by Gasteiger charge is -2.38. The lowest BCUT2D eigenvalue weighted by molar-refractivity contribution is 0.285. The van der Waals surface area contributed by atoms with Gasteiger partial charge in [0.05, 0.1) is 13.2 Å². The molecule has 0 fully saturated rings. The van der Waals surface area contributed by atoms with E-state index in [1.165, 1.54) is 12.1 Å². The van der Waals surface area contributed by atoms with Gasteiger partial charge >= 0.3 is 15.2 Å². The van der Waals surface area contributed by atoms with E-state index in [0.29, 0.717) is 11.1 Å². The second kappa shape index (κ2) is 10.2. The Morgan fingerprint density at radius 3 is 1.10 bits per heavy atom. The van der Waals surface area contributed by atoms with Crippen molar-refractivity contribution in [3.63, 3.8) is 0 Å². The molecular formula is C20H36O8P2. The molecule has 30 heavy (non-hydrogen) atoms. The third kappa shape index (κ3) is 4.64. The molecule has 0 unspecified atom stereocenters. The Kier molecular flexibility index (Phi) is 9.20. The fourth-order valence-corrected chi connectivity index (χ4v) is 6.86. The molecule has 0 amide bonds. The summed E-state index contributed by atoms with van der Waals surface area (Å²) in [5.74, 6) is 0.422. The van der Waals surface area contributed by atoms with Crippen molar-refractivity contribution in [2.24, 2.45) is 0 Å². The lowest BCUT2D eigenvalue weighted by Crippen LogP contribution is -2.28. The Balaban J connectivity index is 4.11. The average molecular weight is 466 g/mol. The molecule has 4 N–H and O–H groups in total. The average Bonchev–Trinajstić information content (AvgIpc) is 2.65. The quantitative estimate of drug-likeness (QED) is 0.321. The van der Waals surface area contributed by atoms with Crippen LogP contribution in [0.1, 0.15) is 78.4 Å². The van der Waals surface area contributed by atoms with Crippen molar-refractivity contribution in [3.8, 4) is 11.5 Å². The molecule has 8 nitrogen and oxygen atoms in total. The van der Waals surface area contributed by atoms with Crippen LogP contribution in [0.3, 0.4) is 0 Å². The van der Waals surface area contributed by atoms with Gasteiger partial charge in [-0.3, -0.25) is 9.13 Å². The number of ether oxygens (including phenoxy) is 2. The van der Waals surface area contributed by atoms with E-state index in [9.17, 15) is 28.7 Å². The molecule has 10 heteroatoms. The van der Waals surface area contributed by atoms with Crippen molar-refractivity contribution in [2.75, 3.05) is 13.2 Å². The lowest BCUT2D eigenvalue weighted by atomic mass is 9.86. The van der Waals surface area contributed by atoms with Crippen molar-refractivity contribution < 1.29 is 38.2 Å². The summed E-state index contributed by atoms with van der Waals surface area (Å²) in [5, 5.41) is -2.99. The maximum Gasteiger partial charge on any atom is 0.336 e. The molecular weight excluding hydrogens is 430 g/mol. The normalized spacial score (nSPS) is 13.4. The number of benzene rings is 1. The maximum atomic E-state index is 12.6. The highest BCUT2D eigenvalue weighted by Gasteiger charge is 2.51. The van der Waals surface area contributed by atoms with E-state index in [0.717, 1.165) is 0 Å². The maximum absolute atomic E-state index is 12.6. The first-order valence-electron chi connectivity index (χ1n) is 10.4. The molecule has 0 saturated heterocycles. The highest BCUT2D eigenvalue weighted by atomic mass is 31.2. The van der Waals surface area contributed by atoms with Gasteiger partial charge in [-0.15, -0.1) is 0 Å². The summed E-state index contributed by atoms with van der Waals surface area (Å²) in [6.07, 6.45) is 0.627. The van der Waals surface area contributed by atoms with Crippen LogP contribution in [0.2, 0.25) is 0 Å². The molecule has 0 aliphatic rings. The van der Waals surface area contributed by atoms with Crippen LogP contribution in [-0.4, -0.2) is 32.8 Å². The summed E-state index contributed by atoms with van der Waals surface area (Å²) in [6, 6.07) is 3.01. The Hall–Kier alpha value is -0.880. The molecule has 174 valence electrons. The van der Waals surface area contributed by atoms with E-state index in [1.54, 1.807) is 41.5 Å². The smallest absolute Gasteiger partial charge is 0.336 e. The minimum atomic E-state index is -4.61. The van der Waals surface area contributed by atoms with Gasteiger partial charge < -0.3 is 29.0 Å². The van der Waals surface area contributed by atoms with Crippen LogP contribution in [-0.2, 0) is 19.4 Å². The van der Waals surface area contributed by atoms with E-state index < -0.39 is 25.5 Å². The van der Waals surface area contributed by atoms with Gasteiger partial charge in [0, 0.05) is 11.1 Å². The van der Waals surface area contributed by atoms with Crippen LogP contribution in [0.5, 0.6) is 11.5 Å². The van der Waals surface area contributed by atoms with E-state index in [1.807, 2.05) is 0 Å². The van der Waals surface area contributed by atoms with Crippen LogP contribution in [0.4, 0.5) is 0 Å². The standard InChI is InChI=1S/C20H36O8P2/c1-7-19(8-2,29(21,22)23)15-13-18(28-12-6)16(14-17(15)27-11-5)20(9-3,10-4)30(24,25)26/h13-14H,7-12H2,1-6H3,(H2,21,22,23)(H2,24,25,26). The van der Waals surface area contributed by atoms with Crippen LogP contribution >= 0.6 is 15.2 Å². The first kappa shape index (κ1) is 27.2. The van der Waals surface area contributed by atoms with E-state index in [-0.39, 0.29) is 50.4 Å². The van der Waals surface area contributed by atoms with Gasteiger partial charge in [-0.25, -0.2) is 0 Å². The SMILES string of the molecule is CCOc1cc(C(CC)(CC)P(=O)(O)O)c(OCC)cc1C(CC)(CC)P(=O)(O)O. The second-order valence-electron chi connectivity index (χ2n) is 7.28. The van der Waals surface area contributed by atoms with Crippen LogP contribution in [0, 0.1) is 0 Å². The molecule has 1 aromatic carbocycles. The Morgan fingerprint density at radius 2 is 0.933 bits per heavy atom. The van der Waals surface area contributed by atoms with Gasteiger partial charge in [0.2, 0.25) is 0 Å². The number of rotatable bonds is 12. The summed E-state index contributed by atoms with van der Waals surface area (Å²) in [7, 11) is -9.22. The molecule has 0 radical (unpaired) electrons. The first-order chi connectivity index (χ1) is 13.9. The third-order valence-electron chi connectivity index (χ3n) is 6.14. The van der Waals surface area contributed by atoms with Crippen LogP contribution in [0.25, 0.3) is 0 Å². The van der Waals surface area contributed by atoms with Crippen molar-refractivity contribution in [1.82, 2.24) is 0 Å². The zero-order chi connectivity index (χ0) is 23.4. The largest absolute Gasteiger partial charge is 0.494 e. The fourth-order valence-electron chi connectivity index (χ4n) is 4.24. The summed E-state index contributed by atoms with van der Waals surface area (Å²) in [6.45, 7) is 10.7. The molecule has 0 aliphatic heterocycles. The van der Waals surface area contributed by atoms with Crippen LogP contribution < -0.4 is 9.47 Å². The molecule has 0 spiro atoms. The molecule has 0 aliphatic carbocycles. The van der Waals surface area contributed by atoms with E-state index in [4.69, 9.17) is 9.47 Å². The van der Waals surface area contributed by atoms with Gasteiger partial charge in [0.25, 0.3) is 0 Å². The molecule has 0 aromatic heterocycles. The minimum absolute atomic E-state index is 0.157. The topological polar surface area (TPSA) is 134 Å². The van der Waals surface area contributed by atoms with Gasteiger partial charge in [-0.1, -0.05) is 27.7 Å². The summed E-state index contributed by atoms with van der Waals surface area (Å²) < 4.78 is 36.7. The summed E-state index contributed by atoms with van der Waals surface area (Å²) >= 11 is 0. The van der Waals surface area contributed by atoms with Crippen molar-refractivity contribution in [3.05, 3.63) is 23.3 Å². The fraction of sp³-hybridized carbons (Fsp3) is 0.700. The number of hydrogen-bond acceptors (Lipinski definition) is 4. The molecule has 1 rings (SSSR count). The summed E-state index contributed by atoms with van der Waals surface area (Å²) in [5.41, 5.74) is 0.586.